The maximum atomic E-state index is 6.19. The van der Waals surface area contributed by atoms with E-state index in [1.165, 1.54) is 0 Å². The van der Waals surface area contributed by atoms with E-state index < -0.39 is 0 Å². The average molecular weight is 401 g/mol. The summed E-state index contributed by atoms with van der Waals surface area (Å²) in [7, 11) is 0. The van der Waals surface area contributed by atoms with Gasteiger partial charge in [0.15, 0.2) is 5.69 Å². The van der Waals surface area contributed by atoms with Crippen molar-refractivity contribution in [2.75, 3.05) is 13.1 Å². The van der Waals surface area contributed by atoms with Crippen LogP contribution in [0.4, 0.5) is 0 Å². The minimum atomic E-state index is 0. The summed E-state index contributed by atoms with van der Waals surface area (Å²) in [6.07, 6.45) is 4.20. The smallest absolute Gasteiger partial charge is 0.278 e. The molecule has 0 radical (unpaired) electrons. The van der Waals surface area contributed by atoms with Crippen LogP contribution in [0.15, 0.2) is 35.0 Å². The second kappa shape index (κ2) is 7.74. The van der Waals surface area contributed by atoms with E-state index in [1.807, 2.05) is 16.9 Å². The Labute approximate surface area is 160 Å². The second-order valence-corrected chi connectivity index (χ2v) is 6.52. The van der Waals surface area contributed by atoms with Crippen molar-refractivity contribution < 1.29 is 4.52 Å². The van der Waals surface area contributed by atoms with Crippen molar-refractivity contribution in [3.63, 3.8) is 0 Å². The Kier molecular flexibility index (Phi) is 5.64. The molecule has 1 aliphatic heterocycles. The van der Waals surface area contributed by atoms with Gasteiger partial charge in [0.1, 0.15) is 0 Å². The van der Waals surface area contributed by atoms with Crippen molar-refractivity contribution >= 4 is 35.6 Å². The Morgan fingerprint density at radius 3 is 2.72 bits per heavy atom. The number of nitrogens with one attached hydrogen (secondary N) is 1. The third kappa shape index (κ3) is 3.67. The van der Waals surface area contributed by atoms with Gasteiger partial charge >= 0.3 is 0 Å². The van der Waals surface area contributed by atoms with Crippen LogP contribution in [-0.4, -0.2) is 33.0 Å². The first-order chi connectivity index (χ1) is 11.7. The molecule has 0 amide bonds. The van der Waals surface area contributed by atoms with Gasteiger partial charge in [0.2, 0.25) is 5.82 Å². The van der Waals surface area contributed by atoms with Gasteiger partial charge in [-0.3, -0.25) is 4.68 Å². The SMILES string of the molecule is Cl.Clc1cccc(Cl)c1-c1noc(-c2ccn(C3CCCNC3)n2)n1. The van der Waals surface area contributed by atoms with Crippen molar-refractivity contribution in [1.29, 1.82) is 0 Å². The van der Waals surface area contributed by atoms with E-state index in [0.717, 1.165) is 25.9 Å². The molecule has 1 N–H and O–H groups in total. The molecule has 1 aliphatic rings. The van der Waals surface area contributed by atoms with Gasteiger partial charge in [-0.25, -0.2) is 0 Å². The normalized spacial score (nSPS) is 17.3. The molecule has 9 heteroatoms. The monoisotopic (exact) mass is 399 g/mol. The van der Waals surface area contributed by atoms with Crippen molar-refractivity contribution in [1.82, 2.24) is 25.2 Å². The first-order valence-electron chi connectivity index (χ1n) is 7.77. The molecule has 4 rings (SSSR count). The van der Waals surface area contributed by atoms with E-state index in [2.05, 4.69) is 20.6 Å². The van der Waals surface area contributed by atoms with E-state index in [9.17, 15) is 0 Å². The summed E-state index contributed by atoms with van der Waals surface area (Å²) in [6, 6.07) is 7.48. The molecule has 1 saturated heterocycles. The molecule has 2 aromatic heterocycles. The fourth-order valence-electron chi connectivity index (χ4n) is 2.86. The molecule has 0 bridgehead atoms. The highest BCUT2D eigenvalue weighted by Gasteiger charge is 2.20. The molecule has 3 aromatic rings. The number of rotatable bonds is 3. The lowest BCUT2D eigenvalue weighted by Crippen LogP contribution is -2.31. The zero-order valence-corrected chi connectivity index (χ0v) is 15.5. The largest absolute Gasteiger partial charge is 0.332 e. The molecule has 6 nitrogen and oxygen atoms in total. The summed E-state index contributed by atoms with van der Waals surface area (Å²) in [6.45, 7) is 1.99. The van der Waals surface area contributed by atoms with Gasteiger partial charge in [-0.1, -0.05) is 34.4 Å². The van der Waals surface area contributed by atoms with E-state index in [1.54, 1.807) is 18.2 Å². The zero-order valence-electron chi connectivity index (χ0n) is 13.2. The van der Waals surface area contributed by atoms with Crippen LogP contribution in [-0.2, 0) is 0 Å². The lowest BCUT2D eigenvalue weighted by Gasteiger charge is -2.22. The van der Waals surface area contributed by atoms with Crippen molar-refractivity contribution in [2.45, 2.75) is 18.9 Å². The van der Waals surface area contributed by atoms with Gasteiger partial charge < -0.3 is 9.84 Å². The van der Waals surface area contributed by atoms with Gasteiger partial charge in [0, 0.05) is 12.7 Å². The van der Waals surface area contributed by atoms with Crippen LogP contribution in [0.3, 0.4) is 0 Å². The number of nitrogens with zero attached hydrogens (tertiary/aromatic N) is 4. The van der Waals surface area contributed by atoms with E-state index in [0.29, 0.717) is 39.1 Å². The number of benzene rings is 1. The number of halogens is 3. The lowest BCUT2D eigenvalue weighted by atomic mass is 10.1. The second-order valence-electron chi connectivity index (χ2n) is 5.70. The Morgan fingerprint density at radius 1 is 1.20 bits per heavy atom. The van der Waals surface area contributed by atoms with Crippen LogP contribution in [0.5, 0.6) is 0 Å². The fraction of sp³-hybridized carbons (Fsp3) is 0.312. The standard InChI is InChI=1S/C16H15Cl2N5O.ClH/c17-11-4-1-5-12(18)14(11)15-20-16(24-22-15)13-6-8-23(21-13)10-3-2-7-19-9-10;/h1,4-6,8,10,19H,2-3,7,9H2;1H. The molecule has 1 unspecified atom stereocenters. The van der Waals surface area contributed by atoms with Crippen LogP contribution >= 0.6 is 35.6 Å². The van der Waals surface area contributed by atoms with Crippen LogP contribution in [0.1, 0.15) is 18.9 Å². The molecule has 25 heavy (non-hydrogen) atoms. The summed E-state index contributed by atoms with van der Waals surface area (Å²) in [5.41, 5.74) is 1.20. The summed E-state index contributed by atoms with van der Waals surface area (Å²) in [4.78, 5) is 4.39. The topological polar surface area (TPSA) is 68.8 Å². The minimum absolute atomic E-state index is 0. The summed E-state index contributed by atoms with van der Waals surface area (Å²) >= 11 is 12.4. The van der Waals surface area contributed by atoms with E-state index in [4.69, 9.17) is 27.7 Å². The number of piperidine rings is 1. The molecule has 0 saturated carbocycles. The van der Waals surface area contributed by atoms with Gasteiger partial charge in [-0.15, -0.1) is 12.4 Å². The van der Waals surface area contributed by atoms with Crippen molar-refractivity contribution in [2.24, 2.45) is 0 Å². The summed E-state index contributed by atoms with van der Waals surface area (Å²) in [5.74, 6) is 0.706. The molecule has 132 valence electrons. The summed E-state index contributed by atoms with van der Waals surface area (Å²) in [5, 5.41) is 12.9. The molecule has 0 spiro atoms. The lowest BCUT2D eigenvalue weighted by molar-refractivity contribution is 0.346. The maximum absolute atomic E-state index is 6.19. The Hall–Kier alpha value is -1.60. The van der Waals surface area contributed by atoms with Gasteiger partial charge in [-0.05, 0) is 37.6 Å². The Morgan fingerprint density at radius 2 is 2.00 bits per heavy atom. The molecule has 0 aliphatic carbocycles. The zero-order chi connectivity index (χ0) is 16.5. The average Bonchev–Trinajstić information content (AvgIpc) is 3.25. The van der Waals surface area contributed by atoms with Crippen LogP contribution in [0.25, 0.3) is 23.0 Å². The molecule has 1 fully saturated rings. The molecular weight excluding hydrogens is 385 g/mol. The van der Waals surface area contributed by atoms with Crippen LogP contribution < -0.4 is 5.32 Å². The van der Waals surface area contributed by atoms with E-state index in [-0.39, 0.29) is 12.4 Å². The van der Waals surface area contributed by atoms with E-state index >= 15 is 0 Å². The molecule has 3 heterocycles. The predicted molar refractivity (Wildman–Crippen MR) is 99.4 cm³/mol. The third-order valence-corrected chi connectivity index (χ3v) is 4.71. The molecular formula is C16H16Cl3N5O. The van der Waals surface area contributed by atoms with Crippen molar-refractivity contribution in [3.8, 4) is 23.0 Å². The number of hydrogen-bond acceptors (Lipinski definition) is 5. The van der Waals surface area contributed by atoms with Crippen LogP contribution in [0.2, 0.25) is 10.0 Å². The Bertz CT molecular complexity index is 837. The maximum Gasteiger partial charge on any atom is 0.278 e. The first-order valence-corrected chi connectivity index (χ1v) is 8.52. The number of aromatic nitrogens is 4. The molecule has 1 aromatic carbocycles. The summed E-state index contributed by atoms with van der Waals surface area (Å²) < 4.78 is 7.30. The number of hydrogen-bond donors (Lipinski definition) is 1. The Balaban J connectivity index is 0.00000182. The highest BCUT2D eigenvalue weighted by molar-refractivity contribution is 6.38. The van der Waals surface area contributed by atoms with Gasteiger partial charge in [0.05, 0.1) is 21.7 Å². The van der Waals surface area contributed by atoms with Crippen molar-refractivity contribution in [3.05, 3.63) is 40.5 Å². The minimum Gasteiger partial charge on any atom is -0.332 e. The fourth-order valence-corrected chi connectivity index (χ4v) is 3.42. The molecule has 1 atom stereocenters. The van der Waals surface area contributed by atoms with Gasteiger partial charge in [0.25, 0.3) is 5.89 Å². The quantitative estimate of drug-likeness (QED) is 0.711. The first kappa shape index (κ1) is 18.2. The van der Waals surface area contributed by atoms with Crippen LogP contribution in [0, 0.1) is 0 Å². The predicted octanol–water partition coefficient (Wildman–Crippen LogP) is 4.25. The highest BCUT2D eigenvalue weighted by atomic mass is 35.5. The van der Waals surface area contributed by atoms with Gasteiger partial charge in [-0.2, -0.15) is 10.1 Å². The third-order valence-electron chi connectivity index (χ3n) is 4.08. The highest BCUT2D eigenvalue weighted by Crippen LogP contribution is 2.33.